The van der Waals surface area contributed by atoms with E-state index in [4.69, 9.17) is 9.47 Å². The largest absolute Gasteiger partial charge is 0.457 e. The van der Waals surface area contributed by atoms with Crippen LogP contribution in [0.1, 0.15) is 41.5 Å². The smallest absolute Gasteiger partial charge is 0.338 e. The highest BCUT2D eigenvalue weighted by molar-refractivity contribution is 6.03. The third-order valence-electron chi connectivity index (χ3n) is 2.77. The van der Waals surface area contributed by atoms with E-state index in [-0.39, 0.29) is 5.57 Å². The zero-order valence-electron chi connectivity index (χ0n) is 16.7. The Morgan fingerprint density at radius 3 is 1.93 bits per heavy atom. The van der Waals surface area contributed by atoms with E-state index in [1.165, 1.54) is 6.08 Å². The molecule has 1 amide bonds. The Bertz CT molecular complexity index is 734. The molecule has 0 fully saturated rings. The van der Waals surface area contributed by atoms with Gasteiger partial charge in [0.2, 0.25) is 5.91 Å². The Kier molecular flexibility index (Phi) is 7.52. The molecule has 0 heterocycles. The molecule has 27 heavy (non-hydrogen) atoms. The Morgan fingerprint density at radius 2 is 1.41 bits per heavy atom. The van der Waals surface area contributed by atoms with E-state index in [0.717, 1.165) is 12.2 Å². The maximum absolute atomic E-state index is 12.3. The van der Waals surface area contributed by atoms with Crippen molar-refractivity contribution in [2.45, 2.75) is 52.7 Å². The third kappa shape index (κ3) is 9.99. The molecule has 0 unspecified atom stereocenters. The highest BCUT2D eigenvalue weighted by Crippen LogP contribution is 2.14. The Balaban J connectivity index is 2.97. The molecule has 146 valence electrons. The van der Waals surface area contributed by atoms with Gasteiger partial charge in [-0.25, -0.2) is 9.59 Å². The van der Waals surface area contributed by atoms with Crippen LogP contribution in [0.15, 0.2) is 54.1 Å². The van der Waals surface area contributed by atoms with Crippen LogP contribution in [0, 0.1) is 0 Å². The monoisotopic (exact) mass is 373 g/mol. The topological polar surface area (TPSA) is 81.7 Å². The van der Waals surface area contributed by atoms with E-state index >= 15 is 0 Å². The molecule has 1 aromatic carbocycles. The maximum Gasteiger partial charge on any atom is 0.338 e. The number of anilines is 1. The lowest BCUT2D eigenvalue weighted by atomic mass is 10.1. The van der Waals surface area contributed by atoms with Crippen LogP contribution in [0.2, 0.25) is 0 Å². The van der Waals surface area contributed by atoms with Gasteiger partial charge >= 0.3 is 11.9 Å². The van der Waals surface area contributed by atoms with E-state index in [1.807, 2.05) is 6.07 Å². The van der Waals surface area contributed by atoms with Crippen molar-refractivity contribution in [3.05, 3.63) is 54.1 Å². The number of esters is 2. The van der Waals surface area contributed by atoms with Crippen LogP contribution in [0.4, 0.5) is 5.69 Å². The summed E-state index contributed by atoms with van der Waals surface area (Å²) in [7, 11) is 0. The molecule has 1 N–H and O–H groups in total. The van der Waals surface area contributed by atoms with Gasteiger partial charge in [-0.2, -0.15) is 0 Å². The summed E-state index contributed by atoms with van der Waals surface area (Å²) >= 11 is 0. The summed E-state index contributed by atoms with van der Waals surface area (Å²) in [4.78, 5) is 36.4. The van der Waals surface area contributed by atoms with Crippen LogP contribution in [-0.4, -0.2) is 29.0 Å². The predicted molar refractivity (Wildman–Crippen MR) is 104 cm³/mol. The number of hydrogen-bond donors (Lipinski definition) is 1. The summed E-state index contributed by atoms with van der Waals surface area (Å²) in [5.41, 5.74) is -0.921. The van der Waals surface area contributed by atoms with Crippen molar-refractivity contribution in [1.82, 2.24) is 0 Å². The Labute approximate surface area is 160 Å². The lowest BCUT2D eigenvalue weighted by Crippen LogP contribution is -2.26. The standard InChI is InChI=1S/C21H27NO5/c1-20(2,3)26-18(24)14-15(19(25)27-21(4,5)6)12-13-17(23)22-16-10-8-7-9-11-16/h7-14H,1-6H3,(H,22,23)/b13-12+,15-14-. The molecule has 0 radical (unpaired) electrons. The van der Waals surface area contributed by atoms with Gasteiger partial charge in [0.05, 0.1) is 5.57 Å². The summed E-state index contributed by atoms with van der Waals surface area (Å²) in [6.07, 6.45) is 3.41. The zero-order valence-corrected chi connectivity index (χ0v) is 16.7. The van der Waals surface area contributed by atoms with Gasteiger partial charge < -0.3 is 14.8 Å². The highest BCUT2D eigenvalue weighted by Gasteiger charge is 2.21. The average Bonchev–Trinajstić information content (AvgIpc) is 2.48. The SMILES string of the molecule is CC(C)(C)OC(=O)/C=C(/C=C/C(=O)Nc1ccccc1)C(=O)OC(C)(C)C. The molecule has 0 aromatic heterocycles. The van der Waals surface area contributed by atoms with Gasteiger partial charge in [0.15, 0.2) is 0 Å². The molecular formula is C21H27NO5. The molecule has 0 bridgehead atoms. The van der Waals surface area contributed by atoms with Gasteiger partial charge in [0.1, 0.15) is 11.2 Å². The molecule has 0 spiro atoms. The van der Waals surface area contributed by atoms with Gasteiger partial charge in [-0.05, 0) is 59.8 Å². The van der Waals surface area contributed by atoms with Gasteiger partial charge in [-0.3, -0.25) is 4.79 Å². The van der Waals surface area contributed by atoms with Crippen molar-refractivity contribution in [1.29, 1.82) is 0 Å². The van der Waals surface area contributed by atoms with E-state index < -0.39 is 29.0 Å². The lowest BCUT2D eigenvalue weighted by Gasteiger charge is -2.20. The number of carbonyl (C=O) groups excluding carboxylic acids is 3. The molecule has 0 saturated carbocycles. The van der Waals surface area contributed by atoms with Crippen LogP contribution in [0.3, 0.4) is 0 Å². The minimum absolute atomic E-state index is 0.0811. The van der Waals surface area contributed by atoms with Crippen molar-refractivity contribution < 1.29 is 23.9 Å². The Morgan fingerprint density at radius 1 is 0.852 bits per heavy atom. The van der Waals surface area contributed by atoms with E-state index in [2.05, 4.69) is 5.32 Å². The minimum atomic E-state index is -0.746. The summed E-state index contributed by atoms with van der Waals surface area (Å²) < 4.78 is 10.5. The zero-order chi connectivity index (χ0) is 20.7. The molecule has 1 rings (SSSR count). The number of para-hydroxylation sites is 1. The maximum atomic E-state index is 12.3. The van der Waals surface area contributed by atoms with Gasteiger partial charge in [0, 0.05) is 17.8 Å². The van der Waals surface area contributed by atoms with E-state index in [1.54, 1.807) is 65.8 Å². The number of benzene rings is 1. The van der Waals surface area contributed by atoms with Gasteiger partial charge in [0.25, 0.3) is 0 Å². The molecule has 0 aliphatic carbocycles. The number of nitrogens with one attached hydrogen (secondary N) is 1. The number of ether oxygens (including phenoxy) is 2. The van der Waals surface area contributed by atoms with E-state index in [0.29, 0.717) is 5.69 Å². The summed E-state index contributed by atoms with van der Waals surface area (Å²) in [6.45, 7) is 10.3. The van der Waals surface area contributed by atoms with E-state index in [9.17, 15) is 14.4 Å². The van der Waals surface area contributed by atoms with Crippen molar-refractivity contribution in [3.63, 3.8) is 0 Å². The van der Waals surface area contributed by atoms with Crippen LogP contribution in [0.5, 0.6) is 0 Å². The third-order valence-corrected chi connectivity index (χ3v) is 2.77. The van der Waals surface area contributed by atoms with Crippen LogP contribution < -0.4 is 5.32 Å². The van der Waals surface area contributed by atoms with Crippen LogP contribution in [-0.2, 0) is 23.9 Å². The fraction of sp³-hybridized carbons (Fsp3) is 0.381. The second kappa shape index (κ2) is 9.16. The van der Waals surface area contributed by atoms with Crippen molar-refractivity contribution in [3.8, 4) is 0 Å². The molecule has 6 heteroatoms. The number of hydrogen-bond acceptors (Lipinski definition) is 5. The quantitative estimate of drug-likeness (QED) is 0.482. The first kappa shape index (κ1) is 22.2. The first-order valence-corrected chi connectivity index (χ1v) is 8.58. The van der Waals surface area contributed by atoms with Crippen LogP contribution in [0.25, 0.3) is 0 Å². The normalized spacial score (nSPS) is 12.6. The first-order valence-electron chi connectivity index (χ1n) is 8.58. The van der Waals surface area contributed by atoms with Crippen molar-refractivity contribution >= 4 is 23.5 Å². The lowest BCUT2D eigenvalue weighted by molar-refractivity contribution is -0.152. The average molecular weight is 373 g/mol. The Hall–Kier alpha value is -2.89. The number of rotatable bonds is 5. The minimum Gasteiger partial charge on any atom is -0.457 e. The summed E-state index contributed by atoms with van der Waals surface area (Å²) in [5, 5.41) is 2.65. The molecule has 0 aliphatic rings. The first-order chi connectivity index (χ1) is 12.4. The molecule has 0 aliphatic heterocycles. The fourth-order valence-corrected chi connectivity index (χ4v) is 1.84. The summed E-state index contributed by atoms with van der Waals surface area (Å²) in [6, 6.07) is 8.87. The second-order valence-corrected chi connectivity index (χ2v) is 7.82. The summed E-state index contributed by atoms with van der Waals surface area (Å²) in [5.74, 6) is -1.87. The molecule has 0 atom stereocenters. The number of amides is 1. The molecule has 0 saturated heterocycles. The van der Waals surface area contributed by atoms with Crippen molar-refractivity contribution in [2.75, 3.05) is 5.32 Å². The van der Waals surface area contributed by atoms with Crippen LogP contribution >= 0.6 is 0 Å². The molecule has 6 nitrogen and oxygen atoms in total. The van der Waals surface area contributed by atoms with Gasteiger partial charge in [-0.1, -0.05) is 18.2 Å². The predicted octanol–water partition coefficient (Wildman–Crippen LogP) is 3.79. The molecular weight excluding hydrogens is 346 g/mol. The van der Waals surface area contributed by atoms with Crippen molar-refractivity contribution in [2.24, 2.45) is 0 Å². The number of carbonyl (C=O) groups is 3. The molecule has 1 aromatic rings. The second-order valence-electron chi connectivity index (χ2n) is 7.82. The fourth-order valence-electron chi connectivity index (χ4n) is 1.84. The highest BCUT2D eigenvalue weighted by atomic mass is 16.6. The van der Waals surface area contributed by atoms with Gasteiger partial charge in [-0.15, -0.1) is 0 Å².